The van der Waals surface area contributed by atoms with Crippen LogP contribution in [-0.4, -0.2) is 0 Å². The maximum absolute atomic E-state index is 6.39. The fourth-order valence-corrected chi connectivity index (χ4v) is 4.87. The molecule has 0 atom stereocenters. The van der Waals surface area contributed by atoms with E-state index >= 15 is 0 Å². The molecule has 0 fully saturated rings. The summed E-state index contributed by atoms with van der Waals surface area (Å²) in [6.07, 6.45) is 0. The number of rotatable bonds is 2. The van der Waals surface area contributed by atoms with Crippen LogP contribution in [0.5, 0.6) is 0 Å². The summed E-state index contributed by atoms with van der Waals surface area (Å²) in [5.41, 5.74) is 4.71. The lowest BCUT2D eigenvalue weighted by Gasteiger charge is -2.14. The van der Waals surface area contributed by atoms with Gasteiger partial charge in [-0.05, 0) is 72.8 Å². The molecule has 0 nitrogen and oxygen atoms in total. The maximum atomic E-state index is 6.39. The van der Waals surface area contributed by atoms with Gasteiger partial charge in [0, 0.05) is 5.02 Å². The molecule has 0 N–H and O–H groups in total. The minimum absolute atomic E-state index is 0.750. The molecule has 0 spiro atoms. The van der Waals surface area contributed by atoms with Gasteiger partial charge < -0.3 is 0 Å². The van der Waals surface area contributed by atoms with Gasteiger partial charge in [0.05, 0.1) is 0 Å². The fourth-order valence-electron chi connectivity index (χ4n) is 4.70. The molecule has 0 aliphatic heterocycles. The molecular formula is C30H19Cl. The molecule has 6 aromatic carbocycles. The second-order valence-corrected chi connectivity index (χ2v) is 8.34. The number of benzene rings is 6. The van der Waals surface area contributed by atoms with Crippen molar-refractivity contribution in [3.8, 4) is 22.3 Å². The Morgan fingerprint density at radius 1 is 0.355 bits per heavy atom. The standard InChI is InChI=1S/C30H19Cl/c31-22-15-17-23(29(19-22)20-8-2-1-3-9-20)21-14-16-28-26-12-5-4-10-24(26)25-11-6-7-13-27(25)30(28)18-21/h1-19H. The number of hydrogen-bond acceptors (Lipinski definition) is 0. The van der Waals surface area contributed by atoms with Gasteiger partial charge in [-0.1, -0.05) is 109 Å². The van der Waals surface area contributed by atoms with Crippen LogP contribution in [0.25, 0.3) is 54.6 Å². The zero-order valence-electron chi connectivity index (χ0n) is 16.8. The van der Waals surface area contributed by atoms with Gasteiger partial charge in [0.15, 0.2) is 0 Å². The van der Waals surface area contributed by atoms with E-state index in [0.717, 1.165) is 10.6 Å². The van der Waals surface area contributed by atoms with Crippen molar-refractivity contribution in [2.24, 2.45) is 0 Å². The molecule has 0 aliphatic rings. The van der Waals surface area contributed by atoms with Gasteiger partial charge in [0.25, 0.3) is 0 Å². The predicted molar refractivity (Wildman–Crippen MR) is 135 cm³/mol. The SMILES string of the molecule is Clc1ccc(-c2ccc3c4ccccc4c4ccccc4c3c2)c(-c2ccccc2)c1. The summed E-state index contributed by atoms with van der Waals surface area (Å²) in [6.45, 7) is 0. The summed E-state index contributed by atoms with van der Waals surface area (Å²) < 4.78 is 0. The van der Waals surface area contributed by atoms with Gasteiger partial charge in [-0.25, -0.2) is 0 Å². The molecule has 0 aliphatic carbocycles. The van der Waals surface area contributed by atoms with E-state index in [-0.39, 0.29) is 0 Å². The van der Waals surface area contributed by atoms with Crippen molar-refractivity contribution in [3.63, 3.8) is 0 Å². The Balaban J connectivity index is 1.69. The lowest BCUT2D eigenvalue weighted by molar-refractivity contribution is 1.59. The van der Waals surface area contributed by atoms with E-state index in [1.54, 1.807) is 0 Å². The minimum atomic E-state index is 0.750. The highest BCUT2D eigenvalue weighted by Gasteiger charge is 2.12. The van der Waals surface area contributed by atoms with E-state index in [1.807, 2.05) is 12.1 Å². The van der Waals surface area contributed by atoms with Crippen molar-refractivity contribution in [2.45, 2.75) is 0 Å². The van der Waals surface area contributed by atoms with Gasteiger partial charge in [0.1, 0.15) is 0 Å². The Labute approximate surface area is 186 Å². The Bertz CT molecular complexity index is 1540. The van der Waals surface area contributed by atoms with Crippen molar-refractivity contribution in [2.75, 3.05) is 0 Å². The van der Waals surface area contributed by atoms with Crippen LogP contribution in [0.1, 0.15) is 0 Å². The van der Waals surface area contributed by atoms with Crippen LogP contribution < -0.4 is 0 Å². The quantitative estimate of drug-likeness (QED) is 0.248. The average molecular weight is 415 g/mol. The first kappa shape index (κ1) is 18.2. The zero-order valence-corrected chi connectivity index (χ0v) is 17.6. The van der Waals surface area contributed by atoms with Crippen LogP contribution >= 0.6 is 11.6 Å². The first-order valence-corrected chi connectivity index (χ1v) is 10.9. The van der Waals surface area contributed by atoms with E-state index in [9.17, 15) is 0 Å². The molecule has 1 heteroatoms. The topological polar surface area (TPSA) is 0 Å². The maximum Gasteiger partial charge on any atom is 0.0412 e. The highest BCUT2D eigenvalue weighted by atomic mass is 35.5. The predicted octanol–water partition coefficient (Wildman–Crippen LogP) is 9.13. The van der Waals surface area contributed by atoms with Gasteiger partial charge in [-0.15, -0.1) is 0 Å². The van der Waals surface area contributed by atoms with Crippen molar-refractivity contribution < 1.29 is 0 Å². The molecular weight excluding hydrogens is 396 g/mol. The first-order valence-electron chi connectivity index (χ1n) is 10.5. The lowest BCUT2D eigenvalue weighted by atomic mass is 9.90. The van der Waals surface area contributed by atoms with Gasteiger partial charge >= 0.3 is 0 Å². The number of fused-ring (bicyclic) bond motifs is 6. The highest BCUT2D eigenvalue weighted by Crippen LogP contribution is 2.39. The molecule has 6 rings (SSSR count). The van der Waals surface area contributed by atoms with E-state index < -0.39 is 0 Å². The summed E-state index contributed by atoms with van der Waals surface area (Å²) in [5.74, 6) is 0. The van der Waals surface area contributed by atoms with Crippen molar-refractivity contribution in [1.82, 2.24) is 0 Å². The van der Waals surface area contributed by atoms with Crippen LogP contribution in [0.4, 0.5) is 0 Å². The Morgan fingerprint density at radius 2 is 0.903 bits per heavy atom. The summed E-state index contributed by atoms with van der Waals surface area (Å²) in [4.78, 5) is 0. The van der Waals surface area contributed by atoms with Crippen LogP contribution in [0, 0.1) is 0 Å². The highest BCUT2D eigenvalue weighted by molar-refractivity contribution is 6.31. The summed E-state index contributed by atoms with van der Waals surface area (Å²) in [5, 5.41) is 8.49. The van der Waals surface area contributed by atoms with Crippen LogP contribution in [0.3, 0.4) is 0 Å². The second-order valence-electron chi connectivity index (χ2n) is 7.91. The van der Waals surface area contributed by atoms with Gasteiger partial charge in [-0.2, -0.15) is 0 Å². The van der Waals surface area contributed by atoms with Crippen LogP contribution in [0.15, 0.2) is 115 Å². The normalized spacial score (nSPS) is 11.4. The van der Waals surface area contributed by atoms with E-state index in [1.165, 1.54) is 49.0 Å². The van der Waals surface area contributed by atoms with Crippen molar-refractivity contribution in [3.05, 3.63) is 120 Å². The summed E-state index contributed by atoms with van der Waals surface area (Å²) in [7, 11) is 0. The Morgan fingerprint density at radius 3 is 1.55 bits per heavy atom. The molecule has 0 aromatic heterocycles. The van der Waals surface area contributed by atoms with Crippen LogP contribution in [-0.2, 0) is 0 Å². The third-order valence-corrected chi connectivity index (χ3v) is 6.36. The smallest absolute Gasteiger partial charge is 0.0412 e. The molecule has 0 saturated heterocycles. The minimum Gasteiger partial charge on any atom is -0.0843 e. The monoisotopic (exact) mass is 414 g/mol. The molecule has 0 unspecified atom stereocenters. The Hall–Kier alpha value is -3.61. The lowest BCUT2D eigenvalue weighted by Crippen LogP contribution is -1.88. The van der Waals surface area contributed by atoms with Crippen molar-refractivity contribution in [1.29, 1.82) is 0 Å². The zero-order chi connectivity index (χ0) is 20.8. The van der Waals surface area contributed by atoms with E-state index in [4.69, 9.17) is 11.6 Å². The van der Waals surface area contributed by atoms with Gasteiger partial charge in [0.2, 0.25) is 0 Å². The molecule has 146 valence electrons. The number of halogens is 1. The molecule has 0 amide bonds. The van der Waals surface area contributed by atoms with Gasteiger partial charge in [-0.3, -0.25) is 0 Å². The van der Waals surface area contributed by atoms with E-state index in [2.05, 4.69) is 103 Å². The van der Waals surface area contributed by atoms with Crippen LogP contribution in [0.2, 0.25) is 5.02 Å². The molecule has 0 bridgehead atoms. The largest absolute Gasteiger partial charge is 0.0843 e. The first-order chi connectivity index (χ1) is 15.3. The second kappa shape index (κ2) is 7.27. The summed E-state index contributed by atoms with van der Waals surface area (Å²) in [6, 6.07) is 40.9. The molecule has 0 heterocycles. The summed E-state index contributed by atoms with van der Waals surface area (Å²) >= 11 is 6.39. The Kier molecular flexibility index (Phi) is 4.26. The molecule has 6 aromatic rings. The fraction of sp³-hybridized carbons (Fsp3) is 0. The number of hydrogen-bond donors (Lipinski definition) is 0. The molecule has 31 heavy (non-hydrogen) atoms. The molecule has 0 radical (unpaired) electrons. The molecule has 0 saturated carbocycles. The third kappa shape index (κ3) is 3.00. The van der Waals surface area contributed by atoms with E-state index in [0.29, 0.717) is 0 Å². The average Bonchev–Trinajstić information content (AvgIpc) is 2.84. The third-order valence-electron chi connectivity index (χ3n) is 6.12. The van der Waals surface area contributed by atoms with Crippen molar-refractivity contribution >= 4 is 43.9 Å².